The van der Waals surface area contributed by atoms with Crippen LogP contribution in [0.3, 0.4) is 0 Å². The number of nitrogens with two attached hydrogens (primary N) is 1. The van der Waals surface area contributed by atoms with E-state index in [9.17, 15) is 8.42 Å². The first-order chi connectivity index (χ1) is 5.51. The molecule has 1 aromatic rings. The Kier molecular flexibility index (Phi) is 2.43. The van der Waals surface area contributed by atoms with Crippen molar-refractivity contribution in [3.05, 3.63) is 11.7 Å². The van der Waals surface area contributed by atoms with Crippen LogP contribution in [0.2, 0.25) is 0 Å². The fourth-order valence-corrected chi connectivity index (χ4v) is 1.25. The minimum atomic E-state index is -3.10. The van der Waals surface area contributed by atoms with Crippen molar-refractivity contribution in [2.24, 2.45) is 5.73 Å². The Morgan fingerprint density at radius 3 is 2.67 bits per heavy atom. The second kappa shape index (κ2) is 3.20. The SMILES string of the molecule is CS(=O)(=O)Cc1noc(CN)n1. The van der Waals surface area contributed by atoms with E-state index in [1.165, 1.54) is 0 Å². The van der Waals surface area contributed by atoms with Crippen LogP contribution < -0.4 is 5.73 Å². The summed E-state index contributed by atoms with van der Waals surface area (Å²) in [5, 5.41) is 3.43. The molecule has 0 aliphatic heterocycles. The van der Waals surface area contributed by atoms with Gasteiger partial charge >= 0.3 is 0 Å². The van der Waals surface area contributed by atoms with E-state index in [1.807, 2.05) is 0 Å². The second-order valence-corrected chi connectivity index (χ2v) is 4.52. The second-order valence-electron chi connectivity index (χ2n) is 2.38. The highest BCUT2D eigenvalue weighted by Gasteiger charge is 2.10. The van der Waals surface area contributed by atoms with Gasteiger partial charge in [-0.2, -0.15) is 4.98 Å². The van der Waals surface area contributed by atoms with Gasteiger partial charge in [0.1, 0.15) is 5.75 Å². The minimum Gasteiger partial charge on any atom is -0.338 e. The Morgan fingerprint density at radius 2 is 2.25 bits per heavy atom. The molecule has 0 aliphatic carbocycles. The summed E-state index contributed by atoms with van der Waals surface area (Å²) in [5.74, 6) is 0.183. The number of rotatable bonds is 3. The summed E-state index contributed by atoms with van der Waals surface area (Å²) in [7, 11) is -3.10. The van der Waals surface area contributed by atoms with E-state index >= 15 is 0 Å². The van der Waals surface area contributed by atoms with Crippen molar-refractivity contribution in [3.8, 4) is 0 Å². The predicted molar refractivity (Wildman–Crippen MR) is 40.7 cm³/mol. The highest BCUT2D eigenvalue weighted by atomic mass is 32.2. The first kappa shape index (κ1) is 9.14. The summed E-state index contributed by atoms with van der Waals surface area (Å²) in [5.41, 5.74) is 5.18. The predicted octanol–water partition coefficient (Wildman–Crippen LogP) is -0.927. The Balaban J connectivity index is 2.78. The van der Waals surface area contributed by atoms with Crippen molar-refractivity contribution in [3.63, 3.8) is 0 Å². The zero-order chi connectivity index (χ0) is 9.19. The molecule has 0 spiro atoms. The molecule has 2 N–H and O–H groups in total. The van der Waals surface area contributed by atoms with Crippen LogP contribution in [-0.2, 0) is 22.1 Å². The van der Waals surface area contributed by atoms with Crippen molar-refractivity contribution in [2.75, 3.05) is 6.26 Å². The summed E-state index contributed by atoms with van der Waals surface area (Å²) in [6, 6.07) is 0. The summed E-state index contributed by atoms with van der Waals surface area (Å²) >= 11 is 0. The van der Waals surface area contributed by atoms with E-state index in [0.717, 1.165) is 6.26 Å². The van der Waals surface area contributed by atoms with E-state index in [4.69, 9.17) is 5.73 Å². The lowest BCUT2D eigenvalue weighted by Gasteiger charge is -1.88. The largest absolute Gasteiger partial charge is 0.338 e. The van der Waals surface area contributed by atoms with E-state index in [0.29, 0.717) is 0 Å². The number of sulfone groups is 1. The van der Waals surface area contributed by atoms with Gasteiger partial charge in [0.15, 0.2) is 15.7 Å². The van der Waals surface area contributed by atoms with Crippen molar-refractivity contribution < 1.29 is 12.9 Å². The fraction of sp³-hybridized carbons (Fsp3) is 0.600. The first-order valence-electron chi connectivity index (χ1n) is 3.20. The van der Waals surface area contributed by atoms with Gasteiger partial charge in [-0.25, -0.2) is 8.42 Å². The average Bonchev–Trinajstić information content (AvgIpc) is 2.32. The normalized spacial score (nSPS) is 11.8. The molecule has 1 rings (SSSR count). The Bertz CT molecular complexity index is 356. The van der Waals surface area contributed by atoms with Crippen LogP contribution in [0.5, 0.6) is 0 Å². The highest BCUT2D eigenvalue weighted by molar-refractivity contribution is 7.89. The number of hydrogen-bond donors (Lipinski definition) is 1. The van der Waals surface area contributed by atoms with Crippen LogP contribution in [-0.4, -0.2) is 24.8 Å². The molecule has 0 saturated carbocycles. The zero-order valence-corrected chi connectivity index (χ0v) is 7.34. The molecule has 0 bridgehead atoms. The number of aromatic nitrogens is 2. The smallest absolute Gasteiger partial charge is 0.240 e. The molecule has 68 valence electrons. The van der Waals surface area contributed by atoms with Gasteiger partial charge in [0.25, 0.3) is 0 Å². The maximum absolute atomic E-state index is 10.7. The standard InChI is InChI=1S/C5H9N3O3S/c1-12(9,10)3-4-7-5(2-6)11-8-4/h2-3,6H2,1H3. The van der Waals surface area contributed by atoms with E-state index in [2.05, 4.69) is 14.7 Å². The molecule has 0 fully saturated rings. The molecule has 0 unspecified atom stereocenters. The van der Waals surface area contributed by atoms with Crippen molar-refractivity contribution in [2.45, 2.75) is 12.3 Å². The molecule has 0 aliphatic rings. The summed E-state index contributed by atoms with van der Waals surface area (Å²) in [4.78, 5) is 3.73. The van der Waals surface area contributed by atoms with E-state index < -0.39 is 9.84 Å². The van der Waals surface area contributed by atoms with Gasteiger partial charge in [0.2, 0.25) is 5.89 Å². The van der Waals surface area contributed by atoms with Crippen LogP contribution in [0.15, 0.2) is 4.52 Å². The molecule has 6 nitrogen and oxygen atoms in total. The molecular weight excluding hydrogens is 182 g/mol. The van der Waals surface area contributed by atoms with Crippen LogP contribution in [0.1, 0.15) is 11.7 Å². The fourth-order valence-electron chi connectivity index (χ4n) is 0.666. The molecule has 0 amide bonds. The molecule has 0 atom stereocenters. The third kappa shape index (κ3) is 2.59. The lowest BCUT2D eigenvalue weighted by molar-refractivity contribution is 0.376. The van der Waals surface area contributed by atoms with Gasteiger partial charge < -0.3 is 10.3 Å². The molecular formula is C5H9N3O3S. The van der Waals surface area contributed by atoms with Gasteiger partial charge in [0.05, 0.1) is 6.54 Å². The van der Waals surface area contributed by atoms with Gasteiger partial charge in [-0.1, -0.05) is 5.16 Å². The van der Waals surface area contributed by atoms with Crippen LogP contribution >= 0.6 is 0 Å². The molecule has 1 heterocycles. The van der Waals surface area contributed by atoms with Gasteiger partial charge in [0, 0.05) is 6.26 Å². The van der Waals surface area contributed by atoms with Crippen molar-refractivity contribution >= 4 is 9.84 Å². The quantitative estimate of drug-likeness (QED) is 0.662. The maximum Gasteiger partial charge on any atom is 0.240 e. The van der Waals surface area contributed by atoms with Crippen molar-refractivity contribution in [1.29, 1.82) is 0 Å². The molecule has 1 aromatic heterocycles. The summed E-state index contributed by atoms with van der Waals surface area (Å²) in [6.07, 6.45) is 1.10. The average molecular weight is 191 g/mol. The Hall–Kier alpha value is -0.950. The molecule has 0 aromatic carbocycles. The van der Waals surface area contributed by atoms with Gasteiger partial charge in [-0.05, 0) is 0 Å². The monoisotopic (exact) mass is 191 g/mol. The van der Waals surface area contributed by atoms with Crippen LogP contribution in [0.4, 0.5) is 0 Å². The van der Waals surface area contributed by atoms with Gasteiger partial charge in [-0.3, -0.25) is 0 Å². The number of hydrogen-bond acceptors (Lipinski definition) is 6. The first-order valence-corrected chi connectivity index (χ1v) is 5.26. The maximum atomic E-state index is 10.7. The molecule has 0 saturated heterocycles. The minimum absolute atomic E-state index is 0.122. The summed E-state index contributed by atoms with van der Waals surface area (Å²) < 4.78 is 26.1. The van der Waals surface area contributed by atoms with Crippen molar-refractivity contribution in [1.82, 2.24) is 10.1 Å². The van der Waals surface area contributed by atoms with E-state index in [1.54, 1.807) is 0 Å². The van der Waals surface area contributed by atoms with E-state index in [-0.39, 0.29) is 24.0 Å². The number of nitrogens with zero attached hydrogens (tertiary/aromatic N) is 2. The zero-order valence-electron chi connectivity index (χ0n) is 6.52. The molecule has 0 radical (unpaired) electrons. The lowest BCUT2D eigenvalue weighted by Crippen LogP contribution is -2.03. The third-order valence-electron chi connectivity index (χ3n) is 1.08. The molecule has 12 heavy (non-hydrogen) atoms. The lowest BCUT2D eigenvalue weighted by atomic mass is 10.6. The van der Waals surface area contributed by atoms with Gasteiger partial charge in [-0.15, -0.1) is 0 Å². The third-order valence-corrected chi connectivity index (χ3v) is 1.86. The van der Waals surface area contributed by atoms with Crippen LogP contribution in [0, 0.1) is 0 Å². The topological polar surface area (TPSA) is 99.1 Å². The Morgan fingerprint density at radius 1 is 1.58 bits per heavy atom. The highest BCUT2D eigenvalue weighted by Crippen LogP contribution is 2.00. The summed E-state index contributed by atoms with van der Waals surface area (Å²) in [6.45, 7) is 0.122. The van der Waals surface area contributed by atoms with Crippen LogP contribution in [0.25, 0.3) is 0 Å². The Labute approximate surface area is 69.7 Å². The molecule has 7 heteroatoms.